The first-order valence-corrected chi connectivity index (χ1v) is 9.37. The summed E-state index contributed by atoms with van der Waals surface area (Å²) in [5.41, 5.74) is 0. The van der Waals surface area contributed by atoms with Crippen LogP contribution in [0.15, 0.2) is 0 Å². The number of methoxy groups -OCH3 is 1. The van der Waals surface area contributed by atoms with E-state index in [0.29, 0.717) is 6.10 Å². The molecule has 0 aliphatic rings. The van der Waals surface area contributed by atoms with Crippen LogP contribution in [-0.2, 0) is 4.74 Å². The second-order valence-electron chi connectivity index (χ2n) is 6.32. The highest BCUT2D eigenvalue weighted by atomic mass is 16.5. The molecule has 0 aromatic heterocycles. The number of unbranched alkanes of at least 4 members (excludes halogenated alkanes) is 11. The predicted octanol–water partition coefficient (Wildman–Crippen LogP) is 6.89. The average molecular weight is 285 g/mol. The maximum Gasteiger partial charge on any atom is 0.0571 e. The fourth-order valence-corrected chi connectivity index (χ4v) is 2.86. The fourth-order valence-electron chi connectivity index (χ4n) is 2.86. The maximum atomic E-state index is 5.62. The predicted molar refractivity (Wildman–Crippen MR) is 91.4 cm³/mol. The van der Waals surface area contributed by atoms with Crippen molar-refractivity contribution >= 4 is 0 Å². The second kappa shape index (κ2) is 17.0. The zero-order valence-electron chi connectivity index (χ0n) is 14.6. The Morgan fingerprint density at radius 1 is 0.550 bits per heavy atom. The third-order valence-electron chi connectivity index (χ3n) is 4.34. The first kappa shape index (κ1) is 20.0. The molecule has 0 saturated carbocycles. The molecule has 1 atom stereocenters. The molecule has 0 bridgehead atoms. The van der Waals surface area contributed by atoms with Crippen LogP contribution >= 0.6 is 0 Å². The summed E-state index contributed by atoms with van der Waals surface area (Å²) in [5.74, 6) is 0. The summed E-state index contributed by atoms with van der Waals surface area (Å²) >= 11 is 0. The lowest BCUT2D eigenvalue weighted by Gasteiger charge is -2.15. The lowest BCUT2D eigenvalue weighted by molar-refractivity contribution is 0.0831. The van der Waals surface area contributed by atoms with Crippen LogP contribution in [0.25, 0.3) is 0 Å². The molecule has 0 aliphatic carbocycles. The molecule has 20 heavy (non-hydrogen) atoms. The van der Waals surface area contributed by atoms with E-state index in [1.807, 2.05) is 7.11 Å². The van der Waals surface area contributed by atoms with E-state index in [1.165, 1.54) is 96.3 Å². The molecule has 0 radical (unpaired) electrons. The summed E-state index contributed by atoms with van der Waals surface area (Å²) in [7, 11) is 1.89. The molecule has 122 valence electrons. The standard InChI is InChI=1S/C19H40O/c1-4-6-8-10-12-14-16-18-19(20-3)17-15-13-11-9-7-5-2/h19H,4-18H2,1-3H3. The van der Waals surface area contributed by atoms with Gasteiger partial charge in [-0.25, -0.2) is 0 Å². The second-order valence-corrected chi connectivity index (χ2v) is 6.32. The number of hydrogen-bond donors (Lipinski definition) is 0. The van der Waals surface area contributed by atoms with Crippen LogP contribution in [0.4, 0.5) is 0 Å². The molecule has 0 rings (SSSR count). The van der Waals surface area contributed by atoms with E-state index >= 15 is 0 Å². The zero-order chi connectivity index (χ0) is 14.9. The Bertz CT molecular complexity index is 167. The maximum absolute atomic E-state index is 5.62. The van der Waals surface area contributed by atoms with Crippen molar-refractivity contribution in [3.05, 3.63) is 0 Å². The van der Waals surface area contributed by atoms with Gasteiger partial charge in [-0.1, -0.05) is 97.3 Å². The van der Waals surface area contributed by atoms with Gasteiger partial charge >= 0.3 is 0 Å². The van der Waals surface area contributed by atoms with E-state index in [1.54, 1.807) is 0 Å². The van der Waals surface area contributed by atoms with Crippen LogP contribution in [0.3, 0.4) is 0 Å². The Morgan fingerprint density at radius 2 is 0.900 bits per heavy atom. The van der Waals surface area contributed by atoms with Crippen LogP contribution in [0.1, 0.15) is 110 Å². The van der Waals surface area contributed by atoms with Gasteiger partial charge in [-0.2, -0.15) is 0 Å². The third kappa shape index (κ3) is 14.4. The van der Waals surface area contributed by atoms with E-state index in [2.05, 4.69) is 13.8 Å². The normalized spacial score (nSPS) is 12.8. The van der Waals surface area contributed by atoms with Gasteiger partial charge in [0.25, 0.3) is 0 Å². The highest BCUT2D eigenvalue weighted by Crippen LogP contribution is 2.16. The van der Waals surface area contributed by atoms with Gasteiger partial charge in [0.15, 0.2) is 0 Å². The fraction of sp³-hybridized carbons (Fsp3) is 1.00. The number of hydrogen-bond acceptors (Lipinski definition) is 1. The molecule has 0 N–H and O–H groups in total. The number of ether oxygens (including phenoxy) is 1. The minimum Gasteiger partial charge on any atom is -0.381 e. The van der Waals surface area contributed by atoms with Gasteiger partial charge < -0.3 is 4.74 Å². The quantitative estimate of drug-likeness (QED) is 0.280. The van der Waals surface area contributed by atoms with Gasteiger partial charge in [0.2, 0.25) is 0 Å². The van der Waals surface area contributed by atoms with E-state index < -0.39 is 0 Å². The molecule has 1 nitrogen and oxygen atoms in total. The molecule has 0 heterocycles. The lowest BCUT2D eigenvalue weighted by Crippen LogP contribution is -2.10. The van der Waals surface area contributed by atoms with Crippen LogP contribution in [0.2, 0.25) is 0 Å². The molecule has 1 heteroatoms. The van der Waals surface area contributed by atoms with Crippen molar-refractivity contribution in [2.75, 3.05) is 7.11 Å². The topological polar surface area (TPSA) is 9.23 Å². The SMILES string of the molecule is CCCCCCCCCC(CCCCCCCC)OC. The smallest absolute Gasteiger partial charge is 0.0571 e. The molecule has 0 spiro atoms. The first-order chi connectivity index (χ1) is 9.85. The summed E-state index contributed by atoms with van der Waals surface area (Å²) in [4.78, 5) is 0. The van der Waals surface area contributed by atoms with Crippen LogP contribution < -0.4 is 0 Å². The summed E-state index contributed by atoms with van der Waals surface area (Å²) < 4.78 is 5.62. The van der Waals surface area contributed by atoms with Crippen LogP contribution in [0.5, 0.6) is 0 Å². The Hall–Kier alpha value is -0.0400. The number of rotatable bonds is 16. The average Bonchev–Trinajstić information content (AvgIpc) is 2.47. The minimum absolute atomic E-state index is 0.525. The van der Waals surface area contributed by atoms with Gasteiger partial charge in [0.1, 0.15) is 0 Å². The molecule has 0 fully saturated rings. The van der Waals surface area contributed by atoms with Crippen LogP contribution in [-0.4, -0.2) is 13.2 Å². The van der Waals surface area contributed by atoms with Crippen molar-refractivity contribution < 1.29 is 4.74 Å². The van der Waals surface area contributed by atoms with Gasteiger partial charge in [-0.15, -0.1) is 0 Å². The van der Waals surface area contributed by atoms with Crippen molar-refractivity contribution in [3.8, 4) is 0 Å². The molecule has 0 saturated heterocycles. The van der Waals surface area contributed by atoms with Gasteiger partial charge in [0.05, 0.1) is 6.10 Å². The molecule has 0 aromatic rings. The monoisotopic (exact) mass is 284 g/mol. The van der Waals surface area contributed by atoms with Crippen molar-refractivity contribution in [1.29, 1.82) is 0 Å². The van der Waals surface area contributed by atoms with E-state index in [-0.39, 0.29) is 0 Å². The van der Waals surface area contributed by atoms with E-state index in [0.717, 1.165) is 0 Å². The molecular formula is C19H40O. The van der Waals surface area contributed by atoms with Gasteiger partial charge in [-0.3, -0.25) is 0 Å². The van der Waals surface area contributed by atoms with E-state index in [4.69, 9.17) is 4.74 Å². The summed E-state index contributed by atoms with van der Waals surface area (Å²) in [6.45, 7) is 4.56. The molecule has 0 amide bonds. The van der Waals surface area contributed by atoms with Gasteiger partial charge in [0, 0.05) is 7.11 Å². The summed E-state index contributed by atoms with van der Waals surface area (Å²) in [6.07, 6.45) is 21.3. The third-order valence-corrected chi connectivity index (χ3v) is 4.34. The zero-order valence-corrected chi connectivity index (χ0v) is 14.6. The van der Waals surface area contributed by atoms with Crippen molar-refractivity contribution in [2.45, 2.75) is 116 Å². The lowest BCUT2D eigenvalue weighted by atomic mass is 10.0. The molecule has 0 aliphatic heterocycles. The highest BCUT2D eigenvalue weighted by Gasteiger charge is 2.06. The minimum atomic E-state index is 0.525. The molecule has 1 unspecified atom stereocenters. The Labute approximate surface area is 128 Å². The van der Waals surface area contributed by atoms with Crippen molar-refractivity contribution in [1.82, 2.24) is 0 Å². The molecule has 0 aromatic carbocycles. The Morgan fingerprint density at radius 3 is 1.25 bits per heavy atom. The van der Waals surface area contributed by atoms with Crippen LogP contribution in [0, 0.1) is 0 Å². The Kier molecular flexibility index (Phi) is 17.0. The van der Waals surface area contributed by atoms with E-state index in [9.17, 15) is 0 Å². The Balaban J connectivity index is 3.29. The summed E-state index contributed by atoms with van der Waals surface area (Å²) in [5, 5.41) is 0. The molecular weight excluding hydrogens is 244 g/mol. The van der Waals surface area contributed by atoms with Crippen molar-refractivity contribution in [3.63, 3.8) is 0 Å². The highest BCUT2D eigenvalue weighted by molar-refractivity contribution is 4.59. The van der Waals surface area contributed by atoms with Gasteiger partial charge in [-0.05, 0) is 12.8 Å². The summed E-state index contributed by atoms with van der Waals surface area (Å²) in [6, 6.07) is 0. The first-order valence-electron chi connectivity index (χ1n) is 9.37. The van der Waals surface area contributed by atoms with Crippen molar-refractivity contribution in [2.24, 2.45) is 0 Å². The largest absolute Gasteiger partial charge is 0.381 e.